The molecule has 0 fully saturated rings. The maximum Gasteiger partial charge on any atom is 0.109 e. The molecular formula is C11H20FN3O. The van der Waals surface area contributed by atoms with Gasteiger partial charge in [-0.2, -0.15) is 5.10 Å². The molecule has 0 bridgehead atoms. The topological polar surface area (TPSA) is 39.1 Å². The molecule has 0 saturated carbocycles. The standard InChI is InChI=1S/C11H20FN3O/c1-9-11(8-13-5-7-16-3)10(2)15(14-9)6-4-12/h13H,4-8H2,1-3H3. The van der Waals surface area contributed by atoms with E-state index >= 15 is 0 Å². The van der Waals surface area contributed by atoms with Crippen molar-refractivity contribution in [3.8, 4) is 0 Å². The van der Waals surface area contributed by atoms with Gasteiger partial charge in [-0.15, -0.1) is 0 Å². The fourth-order valence-electron chi connectivity index (χ4n) is 1.68. The van der Waals surface area contributed by atoms with Gasteiger partial charge in [0, 0.05) is 31.5 Å². The van der Waals surface area contributed by atoms with Gasteiger partial charge in [-0.05, 0) is 13.8 Å². The SMILES string of the molecule is COCCNCc1c(C)nn(CCF)c1C. The van der Waals surface area contributed by atoms with Gasteiger partial charge in [-0.25, -0.2) is 4.39 Å². The van der Waals surface area contributed by atoms with E-state index in [9.17, 15) is 4.39 Å². The van der Waals surface area contributed by atoms with E-state index in [1.165, 1.54) is 0 Å². The Labute approximate surface area is 95.8 Å². The summed E-state index contributed by atoms with van der Waals surface area (Å²) in [6, 6.07) is 0. The van der Waals surface area contributed by atoms with Gasteiger partial charge in [0.2, 0.25) is 0 Å². The van der Waals surface area contributed by atoms with E-state index in [1.54, 1.807) is 11.8 Å². The van der Waals surface area contributed by atoms with E-state index < -0.39 is 0 Å². The molecule has 0 spiro atoms. The van der Waals surface area contributed by atoms with Crippen LogP contribution in [0, 0.1) is 13.8 Å². The monoisotopic (exact) mass is 229 g/mol. The van der Waals surface area contributed by atoms with Crippen molar-refractivity contribution in [3.05, 3.63) is 17.0 Å². The maximum absolute atomic E-state index is 12.3. The van der Waals surface area contributed by atoms with Crippen LogP contribution in [0.2, 0.25) is 0 Å². The predicted octanol–water partition coefficient (Wildman–Crippen LogP) is 1.21. The molecule has 4 nitrogen and oxygen atoms in total. The van der Waals surface area contributed by atoms with Crippen molar-refractivity contribution >= 4 is 0 Å². The molecule has 0 aliphatic carbocycles. The molecule has 1 heterocycles. The highest BCUT2D eigenvalue weighted by Crippen LogP contribution is 2.12. The van der Waals surface area contributed by atoms with Gasteiger partial charge in [-0.3, -0.25) is 4.68 Å². The Hall–Kier alpha value is -0.940. The Balaban J connectivity index is 2.57. The van der Waals surface area contributed by atoms with E-state index in [2.05, 4.69) is 10.4 Å². The van der Waals surface area contributed by atoms with Crippen LogP contribution >= 0.6 is 0 Å². The predicted molar refractivity (Wildman–Crippen MR) is 61.3 cm³/mol. The number of hydrogen-bond acceptors (Lipinski definition) is 3. The van der Waals surface area contributed by atoms with Crippen LogP contribution in [0.15, 0.2) is 0 Å². The number of aryl methyl sites for hydroxylation is 2. The number of ether oxygens (including phenoxy) is 1. The third-order valence-electron chi connectivity index (χ3n) is 2.61. The second kappa shape index (κ2) is 6.60. The number of methoxy groups -OCH3 is 1. The van der Waals surface area contributed by atoms with Crippen molar-refractivity contribution in [1.82, 2.24) is 15.1 Å². The molecule has 1 aromatic rings. The first-order chi connectivity index (χ1) is 7.70. The summed E-state index contributed by atoms with van der Waals surface area (Å²) in [6.07, 6.45) is 0. The normalized spacial score (nSPS) is 11.0. The van der Waals surface area contributed by atoms with E-state index in [0.29, 0.717) is 13.2 Å². The highest BCUT2D eigenvalue weighted by molar-refractivity contribution is 5.24. The molecule has 0 aliphatic heterocycles. The summed E-state index contributed by atoms with van der Waals surface area (Å²) < 4.78 is 18.9. The van der Waals surface area contributed by atoms with Crippen LogP contribution in [0.5, 0.6) is 0 Å². The number of rotatable bonds is 7. The highest BCUT2D eigenvalue weighted by Gasteiger charge is 2.10. The summed E-state index contributed by atoms with van der Waals surface area (Å²) in [7, 11) is 1.68. The maximum atomic E-state index is 12.3. The molecule has 0 amide bonds. The zero-order valence-electron chi connectivity index (χ0n) is 10.2. The van der Waals surface area contributed by atoms with E-state index in [0.717, 1.165) is 30.0 Å². The molecule has 1 aromatic heterocycles. The van der Waals surface area contributed by atoms with Crippen molar-refractivity contribution in [1.29, 1.82) is 0 Å². The molecule has 0 radical (unpaired) electrons. The quantitative estimate of drug-likeness (QED) is 0.714. The van der Waals surface area contributed by atoms with Crippen LogP contribution in [-0.2, 0) is 17.8 Å². The van der Waals surface area contributed by atoms with Crippen molar-refractivity contribution in [2.75, 3.05) is 26.9 Å². The van der Waals surface area contributed by atoms with Gasteiger partial charge < -0.3 is 10.1 Å². The molecule has 0 unspecified atom stereocenters. The summed E-state index contributed by atoms with van der Waals surface area (Å²) in [5.74, 6) is 0. The number of hydrogen-bond donors (Lipinski definition) is 1. The Morgan fingerprint density at radius 3 is 2.81 bits per heavy atom. The molecule has 1 rings (SSSR count). The minimum absolute atomic E-state index is 0.338. The zero-order chi connectivity index (χ0) is 12.0. The zero-order valence-corrected chi connectivity index (χ0v) is 10.2. The Kier molecular flexibility index (Phi) is 5.42. The Morgan fingerprint density at radius 2 is 2.19 bits per heavy atom. The fourth-order valence-corrected chi connectivity index (χ4v) is 1.68. The lowest BCUT2D eigenvalue weighted by atomic mass is 10.2. The first kappa shape index (κ1) is 13.1. The molecule has 0 aliphatic rings. The first-order valence-corrected chi connectivity index (χ1v) is 5.49. The fraction of sp³-hybridized carbons (Fsp3) is 0.727. The summed E-state index contributed by atoms with van der Waals surface area (Å²) in [6.45, 7) is 6.15. The van der Waals surface area contributed by atoms with Crippen molar-refractivity contribution in [3.63, 3.8) is 0 Å². The third kappa shape index (κ3) is 3.28. The van der Waals surface area contributed by atoms with Gasteiger partial charge in [0.15, 0.2) is 0 Å². The average Bonchev–Trinajstić information content (AvgIpc) is 2.52. The largest absolute Gasteiger partial charge is 0.383 e. The van der Waals surface area contributed by atoms with Crippen molar-refractivity contribution < 1.29 is 9.13 Å². The third-order valence-corrected chi connectivity index (χ3v) is 2.61. The van der Waals surface area contributed by atoms with E-state index in [1.807, 2.05) is 13.8 Å². The lowest BCUT2D eigenvalue weighted by Crippen LogP contribution is -2.19. The summed E-state index contributed by atoms with van der Waals surface area (Å²) in [5, 5.41) is 7.57. The van der Waals surface area contributed by atoms with Gasteiger partial charge in [0.05, 0.1) is 18.8 Å². The number of aromatic nitrogens is 2. The second-order valence-corrected chi connectivity index (χ2v) is 3.73. The van der Waals surface area contributed by atoms with E-state index in [-0.39, 0.29) is 6.67 Å². The highest BCUT2D eigenvalue weighted by atomic mass is 19.1. The molecule has 0 aromatic carbocycles. The van der Waals surface area contributed by atoms with E-state index in [4.69, 9.17) is 4.74 Å². The molecule has 16 heavy (non-hydrogen) atoms. The van der Waals surface area contributed by atoms with Gasteiger partial charge in [0.1, 0.15) is 6.67 Å². The minimum Gasteiger partial charge on any atom is -0.383 e. The van der Waals surface area contributed by atoms with Gasteiger partial charge >= 0.3 is 0 Å². The Bertz CT molecular complexity index is 325. The number of halogens is 1. The van der Waals surface area contributed by atoms with Crippen LogP contribution in [0.3, 0.4) is 0 Å². The molecule has 1 N–H and O–H groups in total. The molecular weight excluding hydrogens is 209 g/mol. The van der Waals surface area contributed by atoms with Gasteiger partial charge in [-0.1, -0.05) is 0 Å². The van der Waals surface area contributed by atoms with Crippen LogP contribution < -0.4 is 5.32 Å². The summed E-state index contributed by atoms with van der Waals surface area (Å²) in [5.41, 5.74) is 3.17. The molecule has 5 heteroatoms. The minimum atomic E-state index is -0.376. The van der Waals surface area contributed by atoms with Crippen molar-refractivity contribution in [2.24, 2.45) is 0 Å². The molecule has 0 atom stereocenters. The van der Waals surface area contributed by atoms with Crippen LogP contribution in [-0.4, -0.2) is 36.7 Å². The molecule has 0 saturated heterocycles. The summed E-state index contributed by atoms with van der Waals surface area (Å²) >= 11 is 0. The smallest absolute Gasteiger partial charge is 0.109 e. The number of nitrogens with one attached hydrogen (secondary N) is 1. The van der Waals surface area contributed by atoms with Crippen molar-refractivity contribution in [2.45, 2.75) is 26.9 Å². The Morgan fingerprint density at radius 1 is 1.44 bits per heavy atom. The average molecular weight is 229 g/mol. The number of nitrogens with zero attached hydrogens (tertiary/aromatic N) is 2. The van der Waals surface area contributed by atoms with Crippen LogP contribution in [0.25, 0.3) is 0 Å². The lowest BCUT2D eigenvalue weighted by molar-refractivity contribution is 0.199. The second-order valence-electron chi connectivity index (χ2n) is 3.73. The lowest BCUT2D eigenvalue weighted by Gasteiger charge is -2.05. The van der Waals surface area contributed by atoms with Crippen LogP contribution in [0.1, 0.15) is 17.0 Å². The first-order valence-electron chi connectivity index (χ1n) is 5.49. The number of alkyl halides is 1. The molecule has 92 valence electrons. The van der Waals surface area contributed by atoms with Crippen LogP contribution in [0.4, 0.5) is 4.39 Å². The summed E-state index contributed by atoms with van der Waals surface area (Å²) in [4.78, 5) is 0. The van der Waals surface area contributed by atoms with Gasteiger partial charge in [0.25, 0.3) is 0 Å².